The molecule has 0 saturated carbocycles. The van der Waals surface area contributed by atoms with Gasteiger partial charge in [0.25, 0.3) is 0 Å². The fourth-order valence-electron chi connectivity index (χ4n) is 4.00. The Balaban J connectivity index is 1.54. The van der Waals surface area contributed by atoms with Crippen molar-refractivity contribution in [2.24, 2.45) is 0 Å². The number of methoxy groups -OCH3 is 1. The first-order valence-electron chi connectivity index (χ1n) is 11.9. The summed E-state index contributed by atoms with van der Waals surface area (Å²) in [5.41, 5.74) is 3.08. The molecule has 2 aromatic carbocycles. The molecule has 0 bridgehead atoms. The van der Waals surface area contributed by atoms with Crippen LogP contribution in [-0.2, 0) is 30.8 Å². The summed E-state index contributed by atoms with van der Waals surface area (Å²) in [4.78, 5) is 16.7. The average molecular weight is 494 g/mol. The molecule has 0 saturated heterocycles. The molecule has 3 rings (SSSR count). The molecule has 1 heterocycles. The van der Waals surface area contributed by atoms with E-state index in [1.807, 2.05) is 62.4 Å². The van der Waals surface area contributed by atoms with Gasteiger partial charge in [-0.2, -0.15) is 0 Å². The molecular weight excluding hydrogens is 458 g/mol. The van der Waals surface area contributed by atoms with Gasteiger partial charge in [0, 0.05) is 24.2 Å². The van der Waals surface area contributed by atoms with Crippen LogP contribution in [-0.4, -0.2) is 45.4 Å². The molecule has 1 unspecified atom stereocenters. The number of aromatic hydroxyl groups is 1. The second-order valence-electron chi connectivity index (χ2n) is 9.40. The molecule has 0 radical (unpaired) electrons. The molecule has 0 spiro atoms. The zero-order chi connectivity index (χ0) is 26.1. The number of para-hydroxylation sites is 1. The van der Waals surface area contributed by atoms with E-state index in [1.165, 1.54) is 12.1 Å². The first-order valence-corrected chi connectivity index (χ1v) is 11.9. The van der Waals surface area contributed by atoms with E-state index in [0.717, 1.165) is 22.4 Å². The quantitative estimate of drug-likeness (QED) is 0.263. The number of pyridine rings is 1. The van der Waals surface area contributed by atoms with E-state index in [1.54, 1.807) is 7.11 Å². The summed E-state index contributed by atoms with van der Waals surface area (Å²) in [6, 6.07) is 18.5. The summed E-state index contributed by atoms with van der Waals surface area (Å²) >= 11 is 0. The zero-order valence-electron chi connectivity index (χ0n) is 21.0. The lowest BCUT2D eigenvalue weighted by atomic mass is 9.93. The molecule has 1 aromatic heterocycles. The van der Waals surface area contributed by atoms with Crippen LogP contribution in [0.4, 0.5) is 0 Å². The lowest BCUT2D eigenvalue weighted by Gasteiger charge is -2.28. The van der Waals surface area contributed by atoms with Gasteiger partial charge in [-0.15, -0.1) is 0 Å². The van der Waals surface area contributed by atoms with Gasteiger partial charge in [-0.1, -0.05) is 42.5 Å². The highest BCUT2D eigenvalue weighted by atomic mass is 16.5. The van der Waals surface area contributed by atoms with Crippen molar-refractivity contribution in [3.8, 4) is 11.5 Å². The number of carbonyl (C=O) groups excluding carboxylic acids is 1. The summed E-state index contributed by atoms with van der Waals surface area (Å²) in [6.07, 6.45) is 0.0600. The predicted molar refractivity (Wildman–Crippen MR) is 138 cm³/mol. The topological polar surface area (TPSA) is 124 Å². The van der Waals surface area contributed by atoms with Gasteiger partial charge in [0.05, 0.1) is 25.8 Å². The van der Waals surface area contributed by atoms with Crippen molar-refractivity contribution in [3.63, 3.8) is 0 Å². The lowest BCUT2D eigenvalue weighted by Crippen LogP contribution is -2.43. The minimum atomic E-state index is -0.895. The van der Waals surface area contributed by atoms with Crippen molar-refractivity contribution in [2.45, 2.75) is 51.5 Å². The van der Waals surface area contributed by atoms with E-state index in [9.17, 15) is 20.1 Å². The van der Waals surface area contributed by atoms with E-state index >= 15 is 0 Å². The molecule has 1 atom stereocenters. The Kier molecular flexibility index (Phi) is 9.41. The molecule has 0 aliphatic rings. The number of hydrogen-bond donors (Lipinski definition) is 5. The smallest absolute Gasteiger partial charge is 0.224 e. The van der Waals surface area contributed by atoms with E-state index < -0.39 is 12.7 Å². The number of ether oxygens (including phenoxy) is 1. The van der Waals surface area contributed by atoms with Crippen LogP contribution in [0.2, 0.25) is 0 Å². The van der Waals surface area contributed by atoms with Gasteiger partial charge in [-0.25, -0.2) is 4.98 Å². The number of nitrogens with zero attached hydrogens (tertiary/aromatic N) is 1. The zero-order valence-corrected chi connectivity index (χ0v) is 21.0. The van der Waals surface area contributed by atoms with Crippen LogP contribution in [0.25, 0.3) is 0 Å². The maximum absolute atomic E-state index is 12.5. The SMILES string of the molecule is COc1ccccc1CNC(=O)Cc1cccc(CC(C)(C)NCC(O)c2ccc(O)c(CO)n2)c1. The third kappa shape index (κ3) is 7.78. The highest BCUT2D eigenvalue weighted by Gasteiger charge is 2.21. The molecule has 0 aliphatic heterocycles. The maximum atomic E-state index is 12.5. The number of β-amino-alcohol motifs (C(OH)–C–C–N with tert-alkyl or cyclic N) is 1. The Morgan fingerprint density at radius 3 is 2.58 bits per heavy atom. The highest BCUT2D eigenvalue weighted by molar-refractivity contribution is 5.78. The third-order valence-corrected chi connectivity index (χ3v) is 5.91. The number of nitrogens with one attached hydrogen (secondary N) is 2. The van der Waals surface area contributed by atoms with Gasteiger partial charge < -0.3 is 30.7 Å². The molecule has 8 heteroatoms. The Morgan fingerprint density at radius 2 is 1.83 bits per heavy atom. The molecule has 5 N–H and O–H groups in total. The average Bonchev–Trinajstić information content (AvgIpc) is 2.86. The second-order valence-corrected chi connectivity index (χ2v) is 9.40. The summed E-state index contributed by atoms with van der Waals surface area (Å²) in [7, 11) is 1.61. The van der Waals surface area contributed by atoms with Crippen LogP contribution in [0.1, 0.15) is 48.0 Å². The minimum absolute atomic E-state index is 0.0674. The number of hydrogen-bond acceptors (Lipinski definition) is 7. The predicted octanol–water partition coefficient (Wildman–Crippen LogP) is 2.79. The molecule has 36 heavy (non-hydrogen) atoms. The maximum Gasteiger partial charge on any atom is 0.224 e. The van der Waals surface area contributed by atoms with Crippen LogP contribution in [0, 0.1) is 0 Å². The fourth-order valence-corrected chi connectivity index (χ4v) is 4.00. The van der Waals surface area contributed by atoms with Gasteiger partial charge in [-0.3, -0.25) is 4.79 Å². The summed E-state index contributed by atoms with van der Waals surface area (Å²) in [5, 5.41) is 35.8. The van der Waals surface area contributed by atoms with Crippen LogP contribution in [0.5, 0.6) is 11.5 Å². The summed E-state index contributed by atoms with van der Waals surface area (Å²) in [6.45, 7) is 4.32. The van der Waals surface area contributed by atoms with E-state index in [4.69, 9.17) is 4.74 Å². The Labute approximate surface area is 212 Å². The van der Waals surface area contributed by atoms with Crippen LogP contribution < -0.4 is 15.4 Å². The number of carbonyl (C=O) groups is 1. The number of aliphatic hydroxyl groups is 2. The molecule has 3 aromatic rings. The largest absolute Gasteiger partial charge is 0.506 e. The number of aliphatic hydroxyl groups excluding tert-OH is 2. The lowest BCUT2D eigenvalue weighted by molar-refractivity contribution is -0.120. The third-order valence-electron chi connectivity index (χ3n) is 5.91. The highest BCUT2D eigenvalue weighted by Crippen LogP contribution is 2.21. The summed E-state index contributed by atoms with van der Waals surface area (Å²) < 4.78 is 5.34. The van der Waals surface area contributed by atoms with Crippen molar-refractivity contribution < 1.29 is 24.9 Å². The van der Waals surface area contributed by atoms with Crippen LogP contribution >= 0.6 is 0 Å². The molecule has 1 amide bonds. The van der Waals surface area contributed by atoms with Gasteiger partial charge in [0.1, 0.15) is 23.3 Å². The number of aromatic nitrogens is 1. The van der Waals surface area contributed by atoms with Crippen molar-refractivity contribution >= 4 is 5.91 Å². The summed E-state index contributed by atoms with van der Waals surface area (Å²) in [5.74, 6) is 0.576. The molecule has 0 fully saturated rings. The van der Waals surface area contributed by atoms with Crippen LogP contribution in [0.15, 0.2) is 60.7 Å². The Hall–Kier alpha value is -3.46. The molecule has 192 valence electrons. The molecular formula is C28H35N3O5. The van der Waals surface area contributed by atoms with E-state index in [0.29, 0.717) is 18.7 Å². The number of amides is 1. The standard InChI is InChI=1S/C28H35N3O5/c1-28(2,30-17-25(34)22-11-12-24(33)23(18-32)31-22)15-20-8-6-7-19(13-20)14-27(35)29-16-21-9-4-5-10-26(21)36-3/h4-13,25,30,32-34H,14-18H2,1-3H3,(H,29,35). The van der Waals surface area contributed by atoms with Gasteiger partial charge >= 0.3 is 0 Å². The van der Waals surface area contributed by atoms with Gasteiger partial charge in [0.2, 0.25) is 5.91 Å². The second kappa shape index (κ2) is 12.5. The van der Waals surface area contributed by atoms with E-state index in [2.05, 4.69) is 15.6 Å². The number of rotatable bonds is 12. The van der Waals surface area contributed by atoms with Gasteiger partial charge in [0.15, 0.2) is 0 Å². The first-order chi connectivity index (χ1) is 17.2. The van der Waals surface area contributed by atoms with Crippen molar-refractivity contribution in [2.75, 3.05) is 13.7 Å². The van der Waals surface area contributed by atoms with Crippen LogP contribution in [0.3, 0.4) is 0 Å². The van der Waals surface area contributed by atoms with Crippen molar-refractivity contribution in [1.29, 1.82) is 0 Å². The van der Waals surface area contributed by atoms with Gasteiger partial charge in [-0.05, 0) is 49.6 Å². The first kappa shape index (κ1) is 27.1. The van der Waals surface area contributed by atoms with Crippen molar-refractivity contribution in [1.82, 2.24) is 15.6 Å². The molecule has 0 aliphatic carbocycles. The van der Waals surface area contributed by atoms with Crippen molar-refractivity contribution in [3.05, 3.63) is 88.7 Å². The number of benzene rings is 2. The fraction of sp³-hybridized carbons (Fsp3) is 0.357. The monoisotopic (exact) mass is 493 g/mol. The Morgan fingerprint density at radius 1 is 1.08 bits per heavy atom. The minimum Gasteiger partial charge on any atom is -0.506 e. The molecule has 8 nitrogen and oxygen atoms in total. The normalized spacial score (nSPS) is 12.2. The van der Waals surface area contributed by atoms with E-state index in [-0.39, 0.29) is 35.9 Å². The Bertz CT molecular complexity index is 1170.